The Morgan fingerprint density at radius 2 is 1.17 bits per heavy atom. The summed E-state index contributed by atoms with van der Waals surface area (Å²) >= 11 is 0. The normalized spacial score (nSPS) is 13.1. The van der Waals surface area contributed by atoms with Crippen molar-refractivity contribution >= 4 is 31.7 Å². The first-order valence-electron chi connectivity index (χ1n) is 15.1. The fraction of sp³-hybridized carbons (Fsp3) is 0.235. The molecule has 0 saturated carbocycles. The molecule has 0 spiro atoms. The van der Waals surface area contributed by atoms with Gasteiger partial charge in [0, 0.05) is 12.0 Å². The maximum Gasteiger partial charge on any atom is 0.437 e. The number of hydrogen-bond acceptors (Lipinski definition) is 10. The second-order valence-corrected chi connectivity index (χ2v) is 14.1. The summed E-state index contributed by atoms with van der Waals surface area (Å²) in [5, 5.41) is 6.51. The lowest BCUT2D eigenvalue weighted by Gasteiger charge is -2.12. The second kappa shape index (κ2) is 16.5. The van der Waals surface area contributed by atoms with Crippen LogP contribution < -0.4 is 9.47 Å². The van der Waals surface area contributed by atoms with E-state index in [0.717, 1.165) is 17.7 Å². The zero-order chi connectivity index (χ0) is 38.2. The number of hydrogen-bond donors (Lipinski definition) is 0. The number of aryl methyl sites for hydroxylation is 1. The van der Waals surface area contributed by atoms with Crippen molar-refractivity contribution < 1.29 is 61.2 Å². The van der Waals surface area contributed by atoms with E-state index in [1.807, 2.05) is 6.92 Å². The largest absolute Gasteiger partial charge is 0.493 e. The Morgan fingerprint density at radius 3 is 1.67 bits per heavy atom. The molecule has 4 aromatic carbocycles. The molecule has 52 heavy (non-hydrogen) atoms. The Hall–Kier alpha value is -5.10. The molecule has 4 rings (SSSR count). The highest BCUT2D eigenvalue weighted by molar-refractivity contribution is 7.86. The molecule has 0 atom stereocenters. The standard InChI is InChI=1S/C34H30F6N2O8S2/c1-23-4-6-25(7-5-23)22-51(43,44)49-41-24(2)26-8-14-29(15-9-26)47-20-3-21-48-30-16-10-27(11-17-30)32(34(38,39)40)42-50-52(45,46)31-18-12-28(13-19-31)33(35,36)37/h4-19H,3,20-22H2,1-2H3/b41-24+,42-32-. The van der Waals surface area contributed by atoms with Crippen molar-refractivity contribution in [2.75, 3.05) is 13.2 Å². The number of halogens is 6. The molecule has 0 unspecified atom stereocenters. The van der Waals surface area contributed by atoms with Crippen LogP contribution in [-0.2, 0) is 40.7 Å². The van der Waals surface area contributed by atoms with Crippen LogP contribution in [0.4, 0.5) is 26.3 Å². The van der Waals surface area contributed by atoms with Crippen LogP contribution in [0.1, 0.15) is 41.2 Å². The Bertz CT molecular complexity index is 2080. The number of ether oxygens (including phenoxy) is 2. The van der Waals surface area contributed by atoms with Crippen LogP contribution in [0.3, 0.4) is 0 Å². The predicted molar refractivity (Wildman–Crippen MR) is 178 cm³/mol. The van der Waals surface area contributed by atoms with Crippen molar-refractivity contribution in [3.63, 3.8) is 0 Å². The first kappa shape index (κ1) is 39.7. The van der Waals surface area contributed by atoms with E-state index in [9.17, 15) is 43.2 Å². The van der Waals surface area contributed by atoms with Gasteiger partial charge in [-0.2, -0.15) is 43.2 Å². The third kappa shape index (κ3) is 11.7. The van der Waals surface area contributed by atoms with E-state index in [0.29, 0.717) is 53.3 Å². The van der Waals surface area contributed by atoms with E-state index in [2.05, 4.69) is 14.6 Å². The average molecular weight is 773 g/mol. The molecule has 0 N–H and O–H groups in total. The predicted octanol–water partition coefficient (Wildman–Crippen LogP) is 7.80. The lowest BCUT2D eigenvalue weighted by molar-refractivity contribution is -0.137. The lowest BCUT2D eigenvalue weighted by atomic mass is 10.1. The summed E-state index contributed by atoms with van der Waals surface area (Å²) < 4.78 is 149. The molecule has 0 aliphatic carbocycles. The summed E-state index contributed by atoms with van der Waals surface area (Å²) in [4.78, 5) is -0.828. The summed E-state index contributed by atoms with van der Waals surface area (Å²) in [6.45, 7) is 3.80. The number of benzene rings is 4. The van der Waals surface area contributed by atoms with Crippen molar-refractivity contribution in [3.05, 3.63) is 125 Å². The van der Waals surface area contributed by atoms with E-state index in [1.165, 1.54) is 12.1 Å². The van der Waals surface area contributed by atoms with E-state index in [4.69, 9.17) is 13.8 Å². The minimum absolute atomic E-state index is 0.117. The highest BCUT2D eigenvalue weighted by atomic mass is 32.2. The van der Waals surface area contributed by atoms with Crippen LogP contribution >= 0.6 is 0 Å². The summed E-state index contributed by atoms with van der Waals surface area (Å²) in [7, 11) is -8.93. The summed E-state index contributed by atoms with van der Waals surface area (Å²) in [5.74, 6) is 0.351. The molecular weight excluding hydrogens is 743 g/mol. The van der Waals surface area contributed by atoms with Crippen LogP contribution in [0, 0.1) is 6.92 Å². The fourth-order valence-corrected chi connectivity index (χ4v) is 5.84. The van der Waals surface area contributed by atoms with Gasteiger partial charge in [-0.15, -0.1) is 0 Å². The van der Waals surface area contributed by atoms with Crippen molar-refractivity contribution in [1.29, 1.82) is 0 Å². The van der Waals surface area contributed by atoms with Crippen molar-refractivity contribution in [2.45, 2.75) is 43.3 Å². The number of alkyl halides is 6. The fourth-order valence-electron chi connectivity index (χ4n) is 4.23. The van der Waals surface area contributed by atoms with Gasteiger partial charge in [0.05, 0.1) is 24.5 Å². The molecule has 0 aliphatic heterocycles. The molecule has 10 nitrogen and oxygen atoms in total. The Kier molecular flexibility index (Phi) is 12.6. The van der Waals surface area contributed by atoms with Gasteiger partial charge < -0.3 is 9.47 Å². The minimum Gasteiger partial charge on any atom is -0.493 e. The van der Waals surface area contributed by atoms with Gasteiger partial charge in [0.2, 0.25) is 0 Å². The molecule has 0 aromatic heterocycles. The Labute approximate surface area is 295 Å². The first-order valence-corrected chi connectivity index (χ1v) is 18.0. The Morgan fingerprint density at radius 1 is 0.654 bits per heavy atom. The molecule has 278 valence electrons. The first-order chi connectivity index (χ1) is 24.3. The Balaban J connectivity index is 1.25. The van der Waals surface area contributed by atoms with Gasteiger partial charge in [0.1, 0.15) is 22.1 Å². The molecule has 4 aromatic rings. The van der Waals surface area contributed by atoms with E-state index in [1.54, 1.807) is 55.5 Å². The lowest BCUT2D eigenvalue weighted by Crippen LogP contribution is -2.25. The molecule has 0 fully saturated rings. The van der Waals surface area contributed by atoms with Gasteiger partial charge in [-0.25, -0.2) is 0 Å². The maximum atomic E-state index is 13.7. The third-order valence-electron chi connectivity index (χ3n) is 6.94. The van der Waals surface area contributed by atoms with Crippen molar-refractivity contribution in [2.24, 2.45) is 10.3 Å². The highest BCUT2D eigenvalue weighted by Gasteiger charge is 2.39. The van der Waals surface area contributed by atoms with Gasteiger partial charge in [-0.1, -0.05) is 40.1 Å². The molecule has 0 heterocycles. The molecular formula is C34H30F6N2O8S2. The van der Waals surface area contributed by atoms with Gasteiger partial charge in [0.15, 0.2) is 5.71 Å². The number of rotatable bonds is 15. The van der Waals surface area contributed by atoms with Gasteiger partial charge >= 0.3 is 32.6 Å². The van der Waals surface area contributed by atoms with Crippen LogP contribution in [-0.4, -0.2) is 47.6 Å². The van der Waals surface area contributed by atoms with Crippen molar-refractivity contribution in [3.8, 4) is 11.5 Å². The summed E-state index contributed by atoms with van der Waals surface area (Å²) in [5.41, 5.74) is -0.953. The van der Waals surface area contributed by atoms with Gasteiger partial charge in [0.25, 0.3) is 0 Å². The number of oxime groups is 2. The molecule has 18 heteroatoms. The van der Waals surface area contributed by atoms with E-state index < -0.39 is 54.3 Å². The second-order valence-electron chi connectivity index (χ2n) is 11.0. The SMILES string of the molecule is C/C(=N\OS(=O)(=O)Cc1ccc(C)cc1)c1ccc(OCCCOc2ccc(/C(=N/OS(=O)(=O)c3ccc(C(F)(F)F)cc3)C(F)(F)F)cc2)cc1. The summed E-state index contributed by atoms with van der Waals surface area (Å²) in [6.07, 6.45) is -9.54. The molecule has 0 saturated heterocycles. The van der Waals surface area contributed by atoms with E-state index >= 15 is 0 Å². The monoisotopic (exact) mass is 772 g/mol. The molecule has 0 aliphatic rings. The molecule has 0 radical (unpaired) electrons. The minimum atomic E-state index is -5.16. The zero-order valence-electron chi connectivity index (χ0n) is 27.3. The van der Waals surface area contributed by atoms with Crippen molar-refractivity contribution in [1.82, 2.24) is 0 Å². The maximum absolute atomic E-state index is 13.7. The van der Waals surface area contributed by atoms with Gasteiger partial charge in [-0.3, -0.25) is 8.57 Å². The smallest absolute Gasteiger partial charge is 0.437 e. The van der Waals surface area contributed by atoms with Crippen LogP contribution in [0.25, 0.3) is 0 Å². The third-order valence-corrected chi connectivity index (χ3v) is 9.05. The summed E-state index contributed by atoms with van der Waals surface area (Å²) in [6, 6.07) is 19.9. The topological polar surface area (TPSA) is 130 Å². The molecule has 0 bridgehead atoms. The average Bonchev–Trinajstić information content (AvgIpc) is 3.08. The molecule has 0 amide bonds. The quantitative estimate of drug-likeness (QED) is 0.0518. The van der Waals surface area contributed by atoms with Crippen LogP contribution in [0.15, 0.2) is 112 Å². The van der Waals surface area contributed by atoms with E-state index in [-0.39, 0.29) is 24.7 Å². The highest BCUT2D eigenvalue weighted by Crippen LogP contribution is 2.30. The number of nitrogens with zero attached hydrogens (tertiary/aromatic N) is 2. The van der Waals surface area contributed by atoms with Crippen LogP contribution in [0.2, 0.25) is 0 Å². The van der Waals surface area contributed by atoms with Crippen LogP contribution in [0.5, 0.6) is 11.5 Å². The van der Waals surface area contributed by atoms with Gasteiger partial charge in [-0.05, 0) is 97.8 Å². The zero-order valence-corrected chi connectivity index (χ0v) is 28.9.